The van der Waals surface area contributed by atoms with Crippen molar-refractivity contribution in [1.82, 2.24) is 0 Å². The standard InChI is InChI=1S/C26H27F3N2O3S2/c1-25(2,3)16-34-22-11-6-5-10-20(22)31-21(14-24(30)26(27,28)29)23-13-18(15-35-23)17-8-7-9-19(12-17)36(4,32)33/h5-13,15,30H,14,16H2,1-4H3. The lowest BCUT2D eigenvalue weighted by Gasteiger charge is -2.19. The molecular weight excluding hydrogens is 509 g/mol. The van der Waals surface area contributed by atoms with Gasteiger partial charge in [0, 0.05) is 17.6 Å². The molecule has 3 rings (SSSR count). The minimum Gasteiger partial charge on any atom is -0.491 e. The van der Waals surface area contributed by atoms with Gasteiger partial charge in [-0.05, 0) is 52.3 Å². The van der Waals surface area contributed by atoms with E-state index in [1.165, 1.54) is 23.5 Å². The van der Waals surface area contributed by atoms with Gasteiger partial charge in [0.2, 0.25) is 0 Å². The van der Waals surface area contributed by atoms with Crippen molar-refractivity contribution in [3.63, 3.8) is 0 Å². The molecule has 0 aliphatic rings. The number of hydrogen-bond acceptors (Lipinski definition) is 6. The van der Waals surface area contributed by atoms with E-state index in [1.807, 2.05) is 20.8 Å². The third-order valence-electron chi connectivity index (χ3n) is 4.95. The van der Waals surface area contributed by atoms with Gasteiger partial charge in [-0.2, -0.15) is 13.2 Å². The lowest BCUT2D eigenvalue weighted by molar-refractivity contribution is -0.0605. The van der Waals surface area contributed by atoms with Gasteiger partial charge in [0.15, 0.2) is 9.84 Å². The molecule has 0 aliphatic heterocycles. The SMILES string of the molecule is CC(C)(C)COc1ccccc1N=C(CC(=N)C(F)(F)F)c1cc(-c2cccc(S(C)(=O)=O)c2)cs1. The molecule has 1 heterocycles. The minimum atomic E-state index is -4.78. The third kappa shape index (κ3) is 7.51. The van der Waals surface area contributed by atoms with Crippen molar-refractivity contribution < 1.29 is 26.3 Å². The fourth-order valence-corrected chi connectivity index (χ4v) is 4.68. The van der Waals surface area contributed by atoms with E-state index in [-0.39, 0.29) is 16.0 Å². The third-order valence-corrected chi connectivity index (χ3v) is 7.04. The summed E-state index contributed by atoms with van der Waals surface area (Å²) in [7, 11) is -3.42. The van der Waals surface area contributed by atoms with Crippen LogP contribution in [0.3, 0.4) is 0 Å². The van der Waals surface area contributed by atoms with E-state index in [0.29, 0.717) is 34.0 Å². The maximum atomic E-state index is 13.3. The second-order valence-electron chi connectivity index (χ2n) is 9.53. The molecule has 0 aliphatic carbocycles. The van der Waals surface area contributed by atoms with Crippen LogP contribution in [0.5, 0.6) is 5.75 Å². The quantitative estimate of drug-likeness (QED) is 0.306. The first-order valence-corrected chi connectivity index (χ1v) is 13.7. The van der Waals surface area contributed by atoms with Crippen molar-refractivity contribution in [3.8, 4) is 16.9 Å². The second kappa shape index (κ2) is 10.6. The first-order chi connectivity index (χ1) is 16.6. The zero-order valence-corrected chi connectivity index (χ0v) is 21.9. The Morgan fingerprint density at radius 3 is 2.36 bits per heavy atom. The highest BCUT2D eigenvalue weighted by atomic mass is 32.2. The zero-order valence-electron chi connectivity index (χ0n) is 20.3. The van der Waals surface area contributed by atoms with E-state index >= 15 is 0 Å². The summed E-state index contributed by atoms with van der Waals surface area (Å²) >= 11 is 1.18. The average Bonchev–Trinajstić information content (AvgIpc) is 3.26. The number of sulfone groups is 1. The van der Waals surface area contributed by atoms with Crippen LogP contribution >= 0.6 is 11.3 Å². The van der Waals surface area contributed by atoms with Crippen LogP contribution in [0.15, 0.2) is 69.9 Å². The van der Waals surface area contributed by atoms with Gasteiger partial charge in [0.05, 0.1) is 17.2 Å². The molecule has 0 atom stereocenters. The molecular formula is C26H27F3N2O3S2. The summed E-state index contributed by atoms with van der Waals surface area (Å²) in [6.45, 7) is 6.38. The van der Waals surface area contributed by atoms with Crippen LogP contribution in [0.4, 0.5) is 18.9 Å². The van der Waals surface area contributed by atoms with E-state index < -0.39 is 28.1 Å². The Kier molecular flexibility index (Phi) is 8.10. The van der Waals surface area contributed by atoms with Crippen LogP contribution in [-0.2, 0) is 9.84 Å². The van der Waals surface area contributed by atoms with Crippen molar-refractivity contribution in [2.75, 3.05) is 12.9 Å². The van der Waals surface area contributed by atoms with Crippen molar-refractivity contribution in [2.45, 2.75) is 38.3 Å². The van der Waals surface area contributed by atoms with Gasteiger partial charge in [-0.1, -0.05) is 45.0 Å². The van der Waals surface area contributed by atoms with Gasteiger partial charge in [-0.25, -0.2) is 13.4 Å². The first-order valence-electron chi connectivity index (χ1n) is 11.0. The van der Waals surface area contributed by atoms with E-state index in [9.17, 15) is 21.6 Å². The molecule has 0 amide bonds. The Balaban J connectivity index is 2.05. The molecule has 5 nitrogen and oxygen atoms in total. The van der Waals surface area contributed by atoms with Crippen LogP contribution in [0.25, 0.3) is 11.1 Å². The van der Waals surface area contributed by atoms with Crippen LogP contribution < -0.4 is 4.74 Å². The van der Waals surface area contributed by atoms with Crippen molar-refractivity contribution in [2.24, 2.45) is 10.4 Å². The lowest BCUT2D eigenvalue weighted by atomic mass is 9.99. The summed E-state index contributed by atoms with van der Waals surface area (Å²) < 4.78 is 69.6. The van der Waals surface area contributed by atoms with E-state index in [4.69, 9.17) is 10.1 Å². The average molecular weight is 537 g/mol. The number of rotatable bonds is 8. The number of ether oxygens (including phenoxy) is 1. The highest BCUT2D eigenvalue weighted by Crippen LogP contribution is 2.33. The number of nitrogens with zero attached hydrogens (tertiary/aromatic N) is 1. The number of thiophene rings is 1. The summed E-state index contributed by atoms with van der Waals surface area (Å²) in [5, 5.41) is 9.30. The van der Waals surface area contributed by atoms with Gasteiger partial charge in [0.1, 0.15) is 17.1 Å². The molecule has 0 unspecified atom stereocenters. The zero-order chi connectivity index (χ0) is 26.7. The maximum Gasteiger partial charge on any atom is 0.429 e. The van der Waals surface area contributed by atoms with E-state index in [1.54, 1.807) is 47.8 Å². The molecule has 1 N–H and O–H groups in total. The van der Waals surface area contributed by atoms with E-state index in [0.717, 1.165) is 6.26 Å². The summed E-state index contributed by atoms with van der Waals surface area (Å²) in [6, 6.07) is 14.8. The van der Waals surface area contributed by atoms with Crippen LogP contribution in [-0.4, -0.2) is 38.9 Å². The minimum absolute atomic E-state index is 0.0691. The molecule has 192 valence electrons. The van der Waals surface area contributed by atoms with Crippen LogP contribution in [0, 0.1) is 10.8 Å². The number of alkyl halides is 3. The molecule has 1 aromatic heterocycles. The smallest absolute Gasteiger partial charge is 0.429 e. The Bertz CT molecular complexity index is 1390. The molecule has 0 fully saturated rings. The maximum absolute atomic E-state index is 13.3. The fraction of sp³-hybridized carbons (Fsp3) is 0.308. The predicted octanol–water partition coefficient (Wildman–Crippen LogP) is 7.34. The van der Waals surface area contributed by atoms with Gasteiger partial charge < -0.3 is 10.1 Å². The van der Waals surface area contributed by atoms with Crippen molar-refractivity contribution >= 4 is 38.3 Å². The Morgan fingerprint density at radius 1 is 1.03 bits per heavy atom. The number of hydrogen-bond donors (Lipinski definition) is 1. The monoisotopic (exact) mass is 536 g/mol. The van der Waals surface area contributed by atoms with Gasteiger partial charge in [0.25, 0.3) is 0 Å². The number of halogens is 3. The molecule has 0 spiro atoms. The topological polar surface area (TPSA) is 79.6 Å². The summed E-state index contributed by atoms with van der Waals surface area (Å²) in [6.07, 6.45) is -4.40. The Morgan fingerprint density at radius 2 is 1.72 bits per heavy atom. The number of benzene rings is 2. The highest BCUT2D eigenvalue weighted by Gasteiger charge is 2.35. The Hall–Kier alpha value is -2.98. The molecule has 36 heavy (non-hydrogen) atoms. The number of para-hydroxylation sites is 2. The van der Waals surface area contributed by atoms with Gasteiger partial charge in [-0.3, -0.25) is 0 Å². The molecule has 0 saturated carbocycles. The number of aliphatic imine (C=N–C) groups is 1. The molecule has 10 heteroatoms. The fourth-order valence-electron chi connectivity index (χ4n) is 3.11. The van der Waals surface area contributed by atoms with Crippen molar-refractivity contribution in [1.29, 1.82) is 5.41 Å². The molecule has 0 saturated heterocycles. The Labute approximate surface area is 213 Å². The molecule has 0 radical (unpaired) electrons. The van der Waals surface area contributed by atoms with Gasteiger partial charge in [-0.15, -0.1) is 11.3 Å². The van der Waals surface area contributed by atoms with Crippen molar-refractivity contribution in [3.05, 3.63) is 64.9 Å². The largest absolute Gasteiger partial charge is 0.491 e. The first kappa shape index (κ1) is 27.6. The number of nitrogens with one attached hydrogen (secondary N) is 1. The molecule has 3 aromatic rings. The molecule has 2 aromatic carbocycles. The summed E-state index contributed by atoms with van der Waals surface area (Å²) in [4.78, 5) is 5.10. The lowest BCUT2D eigenvalue weighted by Crippen LogP contribution is -2.24. The predicted molar refractivity (Wildman–Crippen MR) is 139 cm³/mol. The van der Waals surface area contributed by atoms with Gasteiger partial charge >= 0.3 is 6.18 Å². The van der Waals surface area contributed by atoms with Crippen LogP contribution in [0.2, 0.25) is 0 Å². The van der Waals surface area contributed by atoms with E-state index in [2.05, 4.69) is 4.99 Å². The summed E-state index contributed by atoms with van der Waals surface area (Å²) in [5.41, 5.74) is 0.133. The molecule has 0 bridgehead atoms. The normalized spacial score (nSPS) is 13.0. The highest BCUT2D eigenvalue weighted by molar-refractivity contribution is 7.90. The van der Waals surface area contributed by atoms with Crippen LogP contribution in [0.1, 0.15) is 32.1 Å². The summed E-state index contributed by atoms with van der Waals surface area (Å²) in [5.74, 6) is 0.432. The second-order valence-corrected chi connectivity index (χ2v) is 12.5.